The summed E-state index contributed by atoms with van der Waals surface area (Å²) in [6.07, 6.45) is 1.00. The Morgan fingerprint density at radius 3 is 2.87 bits per heavy atom. The maximum atomic E-state index is 12.5. The lowest BCUT2D eigenvalue weighted by molar-refractivity contribution is -0.120. The summed E-state index contributed by atoms with van der Waals surface area (Å²) in [5.74, 6) is 0.0541. The molecule has 0 aliphatic carbocycles. The van der Waals surface area contributed by atoms with Crippen LogP contribution in [-0.2, 0) is 9.53 Å². The van der Waals surface area contributed by atoms with Crippen LogP contribution < -0.4 is 5.32 Å². The molecule has 0 aromatic heterocycles. The first kappa shape index (κ1) is 18.1. The summed E-state index contributed by atoms with van der Waals surface area (Å²) in [7, 11) is 0. The average Bonchev–Trinajstić information content (AvgIpc) is 2.98. The van der Waals surface area contributed by atoms with Crippen LogP contribution in [0.3, 0.4) is 0 Å². The molecule has 1 aromatic rings. The van der Waals surface area contributed by atoms with E-state index in [2.05, 4.69) is 21.2 Å². The monoisotopic (exact) mass is 402 g/mol. The summed E-state index contributed by atoms with van der Waals surface area (Å²) in [4.78, 5) is 26.1. The van der Waals surface area contributed by atoms with Crippen molar-refractivity contribution in [2.75, 3.05) is 18.5 Å². The van der Waals surface area contributed by atoms with Crippen molar-refractivity contribution in [2.45, 2.75) is 32.7 Å². The molecule has 1 saturated heterocycles. The Labute approximate surface area is 149 Å². The maximum absolute atomic E-state index is 12.5. The standard InChI is InChI=1S/C16H20BrClN2O3/c1-10(2)9-23-16(22)20-7-3-4-14(20)15(21)19-11-5-6-13(18)12(17)8-11/h5-6,8,10,14H,3-4,7,9H2,1-2H3,(H,19,21)/t14-/m1/s1. The van der Waals surface area contributed by atoms with Gasteiger partial charge in [-0.25, -0.2) is 4.79 Å². The summed E-state index contributed by atoms with van der Waals surface area (Å²) in [6, 6.07) is 4.66. The Morgan fingerprint density at radius 1 is 1.48 bits per heavy atom. The van der Waals surface area contributed by atoms with Crippen LogP contribution in [0.15, 0.2) is 22.7 Å². The molecule has 0 unspecified atom stereocenters. The second kappa shape index (κ2) is 8.02. The molecule has 0 radical (unpaired) electrons. The van der Waals surface area contributed by atoms with Gasteiger partial charge in [0.2, 0.25) is 5.91 Å². The van der Waals surface area contributed by atoms with Gasteiger partial charge >= 0.3 is 6.09 Å². The van der Waals surface area contributed by atoms with E-state index >= 15 is 0 Å². The van der Waals surface area contributed by atoms with Crippen molar-refractivity contribution in [1.82, 2.24) is 4.90 Å². The summed E-state index contributed by atoms with van der Waals surface area (Å²) >= 11 is 9.26. The highest BCUT2D eigenvalue weighted by Gasteiger charge is 2.35. The fourth-order valence-electron chi connectivity index (χ4n) is 2.38. The Hall–Kier alpha value is -1.27. The molecule has 0 spiro atoms. The Bertz CT molecular complexity index is 595. The molecule has 2 rings (SSSR count). The quantitative estimate of drug-likeness (QED) is 0.815. The number of benzene rings is 1. The molecule has 1 fully saturated rings. The van der Waals surface area contributed by atoms with Crippen molar-refractivity contribution in [3.63, 3.8) is 0 Å². The zero-order valence-corrected chi connectivity index (χ0v) is 15.5. The lowest BCUT2D eigenvalue weighted by Gasteiger charge is -2.23. The number of rotatable bonds is 4. The minimum absolute atomic E-state index is 0.210. The third-order valence-electron chi connectivity index (χ3n) is 3.52. The fourth-order valence-corrected chi connectivity index (χ4v) is 2.87. The predicted octanol–water partition coefficient (Wildman–Crippen LogP) is 4.30. The van der Waals surface area contributed by atoms with E-state index in [4.69, 9.17) is 16.3 Å². The van der Waals surface area contributed by atoms with Gasteiger partial charge in [-0.3, -0.25) is 9.69 Å². The zero-order chi connectivity index (χ0) is 17.0. The van der Waals surface area contributed by atoms with Gasteiger partial charge in [-0.2, -0.15) is 0 Å². The van der Waals surface area contributed by atoms with Gasteiger partial charge in [0.15, 0.2) is 0 Å². The number of amides is 2. The van der Waals surface area contributed by atoms with Crippen LogP contribution in [0.2, 0.25) is 5.02 Å². The highest BCUT2D eigenvalue weighted by Crippen LogP contribution is 2.26. The van der Waals surface area contributed by atoms with Gasteiger partial charge in [0.05, 0.1) is 11.6 Å². The molecule has 1 aromatic carbocycles. The summed E-state index contributed by atoms with van der Waals surface area (Å²) in [5, 5.41) is 3.40. The molecule has 23 heavy (non-hydrogen) atoms. The van der Waals surface area contributed by atoms with Crippen molar-refractivity contribution in [1.29, 1.82) is 0 Å². The van der Waals surface area contributed by atoms with Gasteiger partial charge < -0.3 is 10.1 Å². The Kier molecular flexibility index (Phi) is 6.30. The smallest absolute Gasteiger partial charge is 0.410 e. The topological polar surface area (TPSA) is 58.6 Å². The molecule has 126 valence electrons. The van der Waals surface area contributed by atoms with Crippen LogP contribution in [-0.4, -0.2) is 36.1 Å². The zero-order valence-electron chi connectivity index (χ0n) is 13.1. The Morgan fingerprint density at radius 2 is 2.22 bits per heavy atom. The number of anilines is 1. The van der Waals surface area contributed by atoms with Crippen LogP contribution >= 0.6 is 27.5 Å². The molecule has 2 amide bonds. The maximum Gasteiger partial charge on any atom is 0.410 e. The number of ether oxygens (including phenoxy) is 1. The molecule has 7 heteroatoms. The van der Waals surface area contributed by atoms with Crippen molar-refractivity contribution in [3.05, 3.63) is 27.7 Å². The van der Waals surface area contributed by atoms with E-state index in [9.17, 15) is 9.59 Å². The highest BCUT2D eigenvalue weighted by molar-refractivity contribution is 9.10. The number of nitrogens with zero attached hydrogens (tertiary/aromatic N) is 1. The SMILES string of the molecule is CC(C)COC(=O)N1CCC[C@@H]1C(=O)Nc1ccc(Cl)c(Br)c1. The minimum atomic E-state index is -0.496. The van der Waals surface area contributed by atoms with E-state index in [0.717, 1.165) is 6.42 Å². The molecular weight excluding hydrogens is 384 g/mol. The van der Waals surface area contributed by atoms with Gasteiger partial charge in [-0.1, -0.05) is 25.4 Å². The van der Waals surface area contributed by atoms with Gasteiger partial charge in [0.25, 0.3) is 0 Å². The van der Waals surface area contributed by atoms with Crippen molar-refractivity contribution in [3.8, 4) is 0 Å². The number of hydrogen-bond acceptors (Lipinski definition) is 3. The number of carbonyl (C=O) groups excluding carboxylic acids is 2. The molecule has 1 atom stereocenters. The molecule has 1 N–H and O–H groups in total. The fraction of sp³-hybridized carbons (Fsp3) is 0.500. The lowest BCUT2D eigenvalue weighted by atomic mass is 10.2. The second-order valence-corrected chi connectivity index (χ2v) is 7.20. The number of likely N-dealkylation sites (tertiary alicyclic amines) is 1. The molecule has 0 saturated carbocycles. The lowest BCUT2D eigenvalue weighted by Crippen LogP contribution is -2.43. The van der Waals surface area contributed by atoms with Crippen LogP contribution in [0.25, 0.3) is 0 Å². The molecule has 0 bridgehead atoms. The van der Waals surface area contributed by atoms with Crippen LogP contribution in [0.5, 0.6) is 0 Å². The van der Waals surface area contributed by atoms with E-state index < -0.39 is 12.1 Å². The van der Waals surface area contributed by atoms with E-state index in [-0.39, 0.29) is 11.8 Å². The normalized spacial score (nSPS) is 17.4. The first-order valence-electron chi connectivity index (χ1n) is 7.57. The largest absolute Gasteiger partial charge is 0.449 e. The molecular formula is C16H20BrClN2O3. The summed E-state index contributed by atoms with van der Waals surface area (Å²) in [6.45, 7) is 4.84. The highest BCUT2D eigenvalue weighted by atomic mass is 79.9. The third kappa shape index (κ3) is 4.85. The number of nitrogens with one attached hydrogen (secondary N) is 1. The Balaban J connectivity index is 1.99. The van der Waals surface area contributed by atoms with Crippen LogP contribution in [0.1, 0.15) is 26.7 Å². The summed E-state index contributed by atoms with van der Waals surface area (Å²) < 4.78 is 5.94. The first-order chi connectivity index (χ1) is 10.9. The summed E-state index contributed by atoms with van der Waals surface area (Å²) in [5.41, 5.74) is 0.633. The van der Waals surface area contributed by atoms with Gasteiger partial charge in [0, 0.05) is 16.7 Å². The molecule has 1 heterocycles. The second-order valence-electron chi connectivity index (χ2n) is 5.94. The predicted molar refractivity (Wildman–Crippen MR) is 93.7 cm³/mol. The van der Waals surface area contributed by atoms with Crippen LogP contribution in [0, 0.1) is 5.92 Å². The third-order valence-corrected chi connectivity index (χ3v) is 4.73. The van der Waals surface area contributed by atoms with Gasteiger partial charge in [0.1, 0.15) is 6.04 Å². The molecule has 1 aliphatic rings. The van der Waals surface area contributed by atoms with Crippen molar-refractivity contribution >= 4 is 45.2 Å². The number of carbonyl (C=O) groups is 2. The number of hydrogen-bond donors (Lipinski definition) is 1. The van der Waals surface area contributed by atoms with E-state index in [1.807, 2.05) is 13.8 Å². The minimum Gasteiger partial charge on any atom is -0.449 e. The number of halogens is 2. The molecule has 1 aliphatic heterocycles. The van der Waals surface area contributed by atoms with Gasteiger partial charge in [-0.05, 0) is 52.9 Å². The van der Waals surface area contributed by atoms with Gasteiger partial charge in [-0.15, -0.1) is 0 Å². The van der Waals surface area contributed by atoms with E-state index in [1.165, 1.54) is 4.90 Å². The van der Waals surface area contributed by atoms with E-state index in [0.29, 0.717) is 34.8 Å². The van der Waals surface area contributed by atoms with Crippen molar-refractivity contribution < 1.29 is 14.3 Å². The van der Waals surface area contributed by atoms with Crippen LogP contribution in [0.4, 0.5) is 10.5 Å². The van der Waals surface area contributed by atoms with E-state index in [1.54, 1.807) is 18.2 Å². The first-order valence-corrected chi connectivity index (χ1v) is 8.75. The average molecular weight is 404 g/mol. The van der Waals surface area contributed by atoms with Crippen molar-refractivity contribution in [2.24, 2.45) is 5.92 Å². The molecule has 5 nitrogen and oxygen atoms in total.